The molecular weight excluding hydrogens is 248 g/mol. The van der Waals surface area contributed by atoms with E-state index >= 15 is 0 Å². The van der Waals surface area contributed by atoms with Crippen LogP contribution in [0.15, 0.2) is 0 Å². The molecule has 0 aromatic rings. The van der Waals surface area contributed by atoms with Crippen molar-refractivity contribution in [2.75, 3.05) is 6.61 Å². The summed E-state index contributed by atoms with van der Waals surface area (Å²) < 4.78 is 34.5. The summed E-state index contributed by atoms with van der Waals surface area (Å²) in [7, 11) is -5.27. The average molecular weight is 260 g/mol. The molecule has 10 heteroatoms. The van der Waals surface area contributed by atoms with Gasteiger partial charge in [-0.1, -0.05) is 0 Å². The molecule has 16 heavy (non-hydrogen) atoms. The van der Waals surface area contributed by atoms with Gasteiger partial charge in [-0.05, 0) is 0 Å². The molecule has 0 aliphatic carbocycles. The summed E-state index contributed by atoms with van der Waals surface area (Å²) in [6.45, 7) is -0.928. The van der Waals surface area contributed by atoms with Crippen LogP contribution in [-0.2, 0) is 14.9 Å². The monoisotopic (exact) mass is 260 g/mol. The number of hydrogen-bond acceptors (Lipinski definition) is 8. The molecule has 0 aromatic carbocycles. The first-order chi connectivity index (χ1) is 7.15. The van der Waals surface area contributed by atoms with Crippen LogP contribution >= 0.6 is 0 Å². The van der Waals surface area contributed by atoms with Gasteiger partial charge in [0, 0.05) is 0 Å². The van der Waals surface area contributed by atoms with Crippen LogP contribution in [0.25, 0.3) is 0 Å². The highest BCUT2D eigenvalue weighted by Crippen LogP contribution is 2.31. The predicted molar refractivity (Wildman–Crippen MR) is 46.5 cm³/mol. The third-order valence-electron chi connectivity index (χ3n) is 2.30. The number of aliphatic hydroxyl groups excluding tert-OH is 4. The van der Waals surface area contributed by atoms with Crippen molar-refractivity contribution in [2.24, 2.45) is 0 Å². The average Bonchev–Trinajstić information content (AvgIpc) is 2.19. The second-order valence-electron chi connectivity index (χ2n) is 3.37. The molecule has 1 unspecified atom stereocenters. The Hall–Kier alpha value is -0.330. The Morgan fingerprint density at radius 2 is 1.69 bits per heavy atom. The molecule has 5 atom stereocenters. The first kappa shape index (κ1) is 13.7. The molecule has 1 fully saturated rings. The molecule has 1 aliphatic heterocycles. The van der Waals surface area contributed by atoms with Gasteiger partial charge < -0.3 is 30.3 Å². The van der Waals surface area contributed by atoms with Gasteiger partial charge in [0.1, 0.15) is 18.3 Å². The Labute approximate surface area is 90.3 Å². The summed E-state index contributed by atoms with van der Waals surface area (Å²) in [5.74, 6) is 0. The number of ether oxygens (including phenoxy) is 1. The fourth-order valence-corrected chi connectivity index (χ4v) is 2.03. The van der Waals surface area contributed by atoms with Crippen molar-refractivity contribution in [1.82, 2.24) is 0 Å². The molecule has 0 aromatic heterocycles. The number of rotatable bonds is 2. The van der Waals surface area contributed by atoms with Crippen molar-refractivity contribution in [2.45, 2.75) is 29.5 Å². The summed E-state index contributed by atoms with van der Waals surface area (Å²) in [5, 5.41) is 42.2. The minimum Gasteiger partial charge on any atom is -0.394 e. The third kappa shape index (κ3) is 1.94. The van der Waals surface area contributed by atoms with E-state index in [2.05, 4.69) is 4.74 Å². The molecule has 6 N–H and O–H groups in total. The van der Waals surface area contributed by atoms with Crippen LogP contribution in [0.2, 0.25) is 0 Å². The van der Waals surface area contributed by atoms with Crippen molar-refractivity contribution in [3.8, 4) is 0 Å². The molecule has 1 saturated heterocycles. The minimum absolute atomic E-state index is 0.928. The maximum absolute atomic E-state index is 10.8. The molecule has 1 rings (SSSR count). The van der Waals surface area contributed by atoms with E-state index in [1.54, 1.807) is 0 Å². The van der Waals surface area contributed by atoms with Crippen molar-refractivity contribution < 1.29 is 43.2 Å². The maximum atomic E-state index is 10.8. The Morgan fingerprint density at radius 1 is 1.19 bits per heavy atom. The SMILES string of the molecule is O=S(=O)(O)C1(O)O[C@H](CO)[C@@H](O)[C@H](O)[C@H]1O. The van der Waals surface area contributed by atoms with Crippen LogP contribution in [0.3, 0.4) is 0 Å². The van der Waals surface area contributed by atoms with Crippen molar-refractivity contribution >= 4 is 10.1 Å². The van der Waals surface area contributed by atoms with Gasteiger partial charge in [-0.15, -0.1) is 0 Å². The van der Waals surface area contributed by atoms with Gasteiger partial charge in [0.15, 0.2) is 6.10 Å². The second-order valence-corrected chi connectivity index (χ2v) is 4.91. The van der Waals surface area contributed by atoms with Gasteiger partial charge in [-0.3, -0.25) is 4.55 Å². The fraction of sp³-hybridized carbons (Fsp3) is 1.00. The van der Waals surface area contributed by atoms with Gasteiger partial charge in [-0.2, -0.15) is 8.42 Å². The lowest BCUT2D eigenvalue weighted by molar-refractivity contribution is -0.311. The molecule has 9 nitrogen and oxygen atoms in total. The minimum atomic E-state index is -5.27. The zero-order chi connectivity index (χ0) is 12.7. The lowest BCUT2D eigenvalue weighted by atomic mass is 9.99. The van der Waals surface area contributed by atoms with Crippen LogP contribution in [0.1, 0.15) is 0 Å². The van der Waals surface area contributed by atoms with Crippen LogP contribution in [-0.4, -0.2) is 74.6 Å². The summed E-state index contributed by atoms with van der Waals surface area (Å²) in [6.07, 6.45) is -8.04. The second kappa shape index (κ2) is 4.16. The van der Waals surface area contributed by atoms with Gasteiger partial charge in [0.2, 0.25) is 0 Å². The molecule has 0 amide bonds. The largest absolute Gasteiger partial charge is 0.394 e. The van der Waals surface area contributed by atoms with E-state index in [1.165, 1.54) is 0 Å². The first-order valence-electron chi connectivity index (χ1n) is 4.17. The lowest BCUT2D eigenvalue weighted by Crippen LogP contribution is -2.67. The molecule has 1 aliphatic rings. The predicted octanol–water partition coefficient (Wildman–Crippen LogP) is -4.01. The molecular formula is C6H12O9S. The Bertz CT molecular complexity index is 351. The van der Waals surface area contributed by atoms with Gasteiger partial charge in [-0.25, -0.2) is 0 Å². The topological polar surface area (TPSA) is 165 Å². The van der Waals surface area contributed by atoms with Crippen LogP contribution in [0.5, 0.6) is 0 Å². The van der Waals surface area contributed by atoms with Crippen molar-refractivity contribution in [3.05, 3.63) is 0 Å². The van der Waals surface area contributed by atoms with Gasteiger partial charge >= 0.3 is 15.2 Å². The Kier molecular flexibility index (Phi) is 3.57. The maximum Gasteiger partial charge on any atom is 0.327 e. The van der Waals surface area contributed by atoms with Gasteiger partial charge in [0.05, 0.1) is 6.61 Å². The zero-order valence-electron chi connectivity index (χ0n) is 7.83. The first-order valence-corrected chi connectivity index (χ1v) is 5.61. The summed E-state index contributed by atoms with van der Waals surface area (Å²) in [4.78, 5) is 0. The standard InChI is InChI=1S/C6H12O9S/c7-1-2-3(8)4(9)5(10)6(11,15-2)16(12,13)14/h2-5,7-11H,1H2,(H,12,13,14)/t2-,3-,4+,5-,6?/m1/s1. The van der Waals surface area contributed by atoms with Crippen molar-refractivity contribution in [3.63, 3.8) is 0 Å². The summed E-state index contributed by atoms with van der Waals surface area (Å²) in [6, 6.07) is 0. The number of aliphatic hydroxyl groups is 5. The van der Waals surface area contributed by atoms with E-state index in [4.69, 9.17) is 9.66 Å². The zero-order valence-corrected chi connectivity index (χ0v) is 8.65. The summed E-state index contributed by atoms with van der Waals surface area (Å²) >= 11 is 0. The smallest absolute Gasteiger partial charge is 0.327 e. The van der Waals surface area contributed by atoms with Crippen molar-refractivity contribution in [1.29, 1.82) is 0 Å². The van der Waals surface area contributed by atoms with Crippen LogP contribution in [0.4, 0.5) is 0 Å². The number of hydrogen-bond donors (Lipinski definition) is 6. The van der Waals surface area contributed by atoms with E-state index in [9.17, 15) is 28.8 Å². The molecule has 1 heterocycles. The highest BCUT2D eigenvalue weighted by Gasteiger charge is 2.60. The molecule has 96 valence electrons. The molecule has 0 spiro atoms. The Morgan fingerprint density at radius 3 is 2.06 bits per heavy atom. The van der Waals surface area contributed by atoms with E-state index < -0.39 is 46.3 Å². The molecule has 0 saturated carbocycles. The van der Waals surface area contributed by atoms with Crippen LogP contribution < -0.4 is 0 Å². The summed E-state index contributed by atoms with van der Waals surface area (Å²) in [5.41, 5.74) is 0. The lowest BCUT2D eigenvalue weighted by Gasteiger charge is -2.42. The third-order valence-corrected chi connectivity index (χ3v) is 3.37. The van der Waals surface area contributed by atoms with Gasteiger partial charge in [0.25, 0.3) is 0 Å². The molecule has 0 bridgehead atoms. The van der Waals surface area contributed by atoms with E-state index in [1.807, 2.05) is 0 Å². The van der Waals surface area contributed by atoms with E-state index in [-0.39, 0.29) is 0 Å². The highest BCUT2D eigenvalue weighted by atomic mass is 32.2. The van der Waals surface area contributed by atoms with E-state index in [0.29, 0.717) is 0 Å². The molecule has 0 radical (unpaired) electrons. The Balaban J connectivity index is 3.14. The fourth-order valence-electron chi connectivity index (χ4n) is 1.34. The normalized spacial score (nSPS) is 45.6. The quantitative estimate of drug-likeness (QED) is 0.271. The highest BCUT2D eigenvalue weighted by molar-refractivity contribution is 7.86. The van der Waals surface area contributed by atoms with Crippen LogP contribution in [0, 0.1) is 0 Å². The van der Waals surface area contributed by atoms with E-state index in [0.717, 1.165) is 0 Å².